The van der Waals surface area contributed by atoms with Gasteiger partial charge in [0, 0.05) is 41.7 Å². The molecule has 0 unspecified atom stereocenters. The molecule has 1 aromatic heterocycles. The van der Waals surface area contributed by atoms with Crippen molar-refractivity contribution in [3.8, 4) is 11.1 Å². The number of benzene rings is 6. The van der Waals surface area contributed by atoms with Crippen LogP contribution in [0.4, 0.5) is 17.1 Å². The van der Waals surface area contributed by atoms with Crippen molar-refractivity contribution in [1.82, 2.24) is 0 Å². The number of rotatable bonds is 4. The van der Waals surface area contributed by atoms with E-state index < -0.39 is 0 Å². The summed E-state index contributed by atoms with van der Waals surface area (Å²) in [6.07, 6.45) is 0. The van der Waals surface area contributed by atoms with Gasteiger partial charge >= 0.3 is 0 Å². The maximum Gasteiger partial charge on any atom is 0.0468 e. The van der Waals surface area contributed by atoms with Crippen molar-refractivity contribution in [3.63, 3.8) is 0 Å². The van der Waals surface area contributed by atoms with Crippen LogP contribution in [0.1, 0.15) is 0 Å². The summed E-state index contributed by atoms with van der Waals surface area (Å²) in [6.45, 7) is 0. The molecule has 0 atom stereocenters. The number of hydrogen-bond acceptors (Lipinski definition) is 2. The zero-order valence-corrected chi connectivity index (χ0v) is 22.3. The highest BCUT2D eigenvalue weighted by molar-refractivity contribution is 9.10. The number of thiophene rings is 1. The van der Waals surface area contributed by atoms with E-state index in [4.69, 9.17) is 0 Å². The number of halogens is 1. The van der Waals surface area contributed by atoms with Gasteiger partial charge in [-0.2, -0.15) is 0 Å². The summed E-state index contributed by atoms with van der Waals surface area (Å²) in [5.74, 6) is 0. The predicted octanol–water partition coefficient (Wildman–Crippen LogP) is 11.1. The quantitative estimate of drug-likeness (QED) is 0.208. The standard InChI is InChI=1S/C34H22BrNS/c35-27-15-12-25-20-24(10-11-26(25)21-27)23-13-16-29(17-14-23)36(28-6-2-1-3-7-28)30-18-19-34-32(22-30)31-8-4-5-9-33(31)37-34/h1-22H. The van der Waals surface area contributed by atoms with E-state index in [1.165, 1.54) is 42.1 Å². The third kappa shape index (κ3) is 4.11. The van der Waals surface area contributed by atoms with Crippen LogP contribution in [0.3, 0.4) is 0 Å². The van der Waals surface area contributed by atoms with Gasteiger partial charge in [-0.05, 0) is 88.6 Å². The zero-order valence-electron chi connectivity index (χ0n) is 19.9. The van der Waals surface area contributed by atoms with E-state index >= 15 is 0 Å². The van der Waals surface area contributed by atoms with Gasteiger partial charge in [-0.15, -0.1) is 11.3 Å². The SMILES string of the molecule is Brc1ccc2cc(-c3ccc(N(c4ccccc4)c4ccc5sc6ccccc6c5c4)cc3)ccc2c1. The van der Waals surface area contributed by atoms with Crippen molar-refractivity contribution in [2.45, 2.75) is 0 Å². The maximum absolute atomic E-state index is 3.57. The van der Waals surface area contributed by atoms with Crippen LogP contribution in [-0.4, -0.2) is 0 Å². The lowest BCUT2D eigenvalue weighted by molar-refractivity contribution is 1.29. The monoisotopic (exact) mass is 555 g/mol. The predicted molar refractivity (Wildman–Crippen MR) is 165 cm³/mol. The fourth-order valence-electron chi connectivity index (χ4n) is 5.08. The third-order valence-electron chi connectivity index (χ3n) is 6.89. The number of para-hydroxylation sites is 1. The first kappa shape index (κ1) is 22.3. The van der Waals surface area contributed by atoms with Crippen molar-refractivity contribution in [2.24, 2.45) is 0 Å². The molecule has 37 heavy (non-hydrogen) atoms. The lowest BCUT2D eigenvalue weighted by Crippen LogP contribution is -2.09. The summed E-state index contributed by atoms with van der Waals surface area (Å²) in [5.41, 5.74) is 5.87. The Hall–Kier alpha value is -3.92. The minimum Gasteiger partial charge on any atom is -0.310 e. The van der Waals surface area contributed by atoms with Crippen molar-refractivity contribution in [3.05, 3.63) is 138 Å². The molecular formula is C34H22BrNS. The molecule has 6 aromatic carbocycles. The molecule has 7 aromatic rings. The molecule has 0 saturated heterocycles. The van der Waals surface area contributed by atoms with E-state index in [1.54, 1.807) is 0 Å². The van der Waals surface area contributed by atoms with E-state index in [-0.39, 0.29) is 0 Å². The largest absolute Gasteiger partial charge is 0.310 e. The molecule has 0 amide bonds. The third-order valence-corrected chi connectivity index (χ3v) is 8.54. The van der Waals surface area contributed by atoms with Crippen LogP contribution in [0.25, 0.3) is 42.1 Å². The minimum atomic E-state index is 1.10. The van der Waals surface area contributed by atoms with E-state index in [1.807, 2.05) is 11.3 Å². The van der Waals surface area contributed by atoms with Gasteiger partial charge in [0.1, 0.15) is 0 Å². The van der Waals surface area contributed by atoms with Gasteiger partial charge in [0.15, 0.2) is 0 Å². The molecule has 0 aliphatic heterocycles. The van der Waals surface area contributed by atoms with Crippen LogP contribution >= 0.6 is 27.3 Å². The van der Waals surface area contributed by atoms with Gasteiger partial charge in [0.25, 0.3) is 0 Å². The molecule has 0 bridgehead atoms. The van der Waals surface area contributed by atoms with Crippen LogP contribution in [0.2, 0.25) is 0 Å². The van der Waals surface area contributed by atoms with Crippen LogP contribution in [0.15, 0.2) is 138 Å². The molecule has 176 valence electrons. The molecule has 3 heteroatoms. The van der Waals surface area contributed by atoms with Crippen LogP contribution in [0.5, 0.6) is 0 Å². The highest BCUT2D eigenvalue weighted by atomic mass is 79.9. The fourth-order valence-corrected chi connectivity index (χ4v) is 6.54. The van der Waals surface area contributed by atoms with E-state index in [9.17, 15) is 0 Å². The average molecular weight is 557 g/mol. The van der Waals surface area contributed by atoms with Crippen molar-refractivity contribution >= 4 is 75.3 Å². The maximum atomic E-state index is 3.57. The van der Waals surface area contributed by atoms with Crippen LogP contribution < -0.4 is 4.90 Å². The van der Waals surface area contributed by atoms with Crippen LogP contribution in [0, 0.1) is 0 Å². The molecule has 0 aliphatic rings. The second-order valence-corrected chi connectivity index (χ2v) is 11.2. The molecule has 0 spiro atoms. The Morgan fingerprint density at radius 3 is 1.97 bits per heavy atom. The van der Waals surface area contributed by atoms with Crippen molar-refractivity contribution < 1.29 is 0 Å². The molecule has 1 heterocycles. The van der Waals surface area contributed by atoms with Crippen LogP contribution in [-0.2, 0) is 0 Å². The Balaban J connectivity index is 1.32. The Morgan fingerprint density at radius 1 is 0.459 bits per heavy atom. The number of anilines is 3. The summed E-state index contributed by atoms with van der Waals surface area (Å²) in [6, 6.07) is 48.1. The lowest BCUT2D eigenvalue weighted by Gasteiger charge is -2.26. The second kappa shape index (κ2) is 9.19. The summed E-state index contributed by atoms with van der Waals surface area (Å²) >= 11 is 5.43. The van der Waals surface area contributed by atoms with E-state index in [0.717, 1.165) is 21.5 Å². The Labute approximate surface area is 228 Å². The van der Waals surface area contributed by atoms with Gasteiger partial charge < -0.3 is 4.90 Å². The molecule has 0 radical (unpaired) electrons. The minimum absolute atomic E-state index is 1.10. The first-order chi connectivity index (χ1) is 18.2. The average Bonchev–Trinajstić information content (AvgIpc) is 3.32. The summed E-state index contributed by atoms with van der Waals surface area (Å²) in [7, 11) is 0. The zero-order chi connectivity index (χ0) is 24.8. The second-order valence-electron chi connectivity index (χ2n) is 9.20. The smallest absolute Gasteiger partial charge is 0.0468 e. The Kier molecular flexibility index (Phi) is 5.53. The topological polar surface area (TPSA) is 3.24 Å². The highest BCUT2D eigenvalue weighted by Gasteiger charge is 2.15. The molecule has 0 fully saturated rings. The molecule has 0 saturated carbocycles. The normalized spacial score (nSPS) is 11.4. The first-order valence-electron chi connectivity index (χ1n) is 12.3. The number of fused-ring (bicyclic) bond motifs is 4. The molecule has 0 N–H and O–H groups in total. The van der Waals surface area contributed by atoms with Gasteiger partial charge in [-0.3, -0.25) is 0 Å². The van der Waals surface area contributed by atoms with Crippen molar-refractivity contribution in [2.75, 3.05) is 4.90 Å². The molecule has 1 nitrogen and oxygen atoms in total. The van der Waals surface area contributed by atoms with Gasteiger partial charge in [0.05, 0.1) is 0 Å². The lowest BCUT2D eigenvalue weighted by atomic mass is 10.0. The Bertz CT molecular complexity index is 1890. The number of nitrogens with zero attached hydrogens (tertiary/aromatic N) is 1. The summed E-state index contributed by atoms with van der Waals surface area (Å²) < 4.78 is 3.75. The molecule has 7 rings (SSSR count). The fraction of sp³-hybridized carbons (Fsp3) is 0. The van der Waals surface area contributed by atoms with E-state index in [0.29, 0.717) is 0 Å². The molecule has 0 aliphatic carbocycles. The van der Waals surface area contributed by atoms with Gasteiger partial charge in [-0.25, -0.2) is 0 Å². The highest BCUT2D eigenvalue weighted by Crippen LogP contribution is 2.40. The van der Waals surface area contributed by atoms with Gasteiger partial charge in [-0.1, -0.05) is 82.7 Å². The van der Waals surface area contributed by atoms with E-state index in [2.05, 4.69) is 154 Å². The summed E-state index contributed by atoms with van der Waals surface area (Å²) in [5, 5.41) is 5.10. The number of hydrogen-bond donors (Lipinski definition) is 0. The summed E-state index contributed by atoms with van der Waals surface area (Å²) in [4.78, 5) is 2.34. The first-order valence-corrected chi connectivity index (χ1v) is 13.9. The van der Waals surface area contributed by atoms with Crippen molar-refractivity contribution in [1.29, 1.82) is 0 Å². The van der Waals surface area contributed by atoms with Gasteiger partial charge in [0.2, 0.25) is 0 Å². The molecular weight excluding hydrogens is 534 g/mol. The Morgan fingerprint density at radius 2 is 1.11 bits per heavy atom.